The van der Waals surface area contributed by atoms with E-state index < -0.39 is 0 Å². The van der Waals surface area contributed by atoms with Crippen LogP contribution in [0, 0.1) is 5.41 Å². The van der Waals surface area contributed by atoms with Gasteiger partial charge in [0.05, 0.1) is 30.5 Å². The van der Waals surface area contributed by atoms with Crippen molar-refractivity contribution in [1.82, 2.24) is 14.7 Å². The molecular formula is C22H26ClN5O2. The lowest BCUT2D eigenvalue weighted by molar-refractivity contribution is -0.0697. The summed E-state index contributed by atoms with van der Waals surface area (Å²) in [5, 5.41) is 0.650. The highest BCUT2D eigenvalue weighted by atomic mass is 35.5. The quantitative estimate of drug-likeness (QED) is 0.604. The summed E-state index contributed by atoms with van der Waals surface area (Å²) in [6.07, 6.45) is 7.95. The molecule has 5 rings (SSSR count). The number of amides is 2. The van der Waals surface area contributed by atoms with Gasteiger partial charge >= 0.3 is 6.03 Å². The van der Waals surface area contributed by atoms with Crippen molar-refractivity contribution in [2.24, 2.45) is 15.4 Å². The van der Waals surface area contributed by atoms with Crippen molar-refractivity contribution >= 4 is 29.2 Å². The Labute approximate surface area is 181 Å². The molecule has 0 aromatic heterocycles. The lowest BCUT2D eigenvalue weighted by Crippen LogP contribution is -2.75. The molecule has 0 aromatic rings. The molecule has 1 aliphatic carbocycles. The third kappa shape index (κ3) is 3.16. The van der Waals surface area contributed by atoms with Gasteiger partial charge in [-0.25, -0.2) is 4.79 Å². The van der Waals surface area contributed by atoms with Crippen LogP contribution in [-0.4, -0.2) is 84.2 Å². The van der Waals surface area contributed by atoms with Gasteiger partial charge in [-0.15, -0.1) is 6.58 Å². The van der Waals surface area contributed by atoms with E-state index >= 15 is 0 Å². The highest BCUT2D eigenvalue weighted by Gasteiger charge is 2.55. The van der Waals surface area contributed by atoms with Crippen molar-refractivity contribution in [2.75, 3.05) is 45.9 Å². The van der Waals surface area contributed by atoms with Crippen LogP contribution in [-0.2, 0) is 4.74 Å². The fourth-order valence-electron chi connectivity index (χ4n) is 4.87. The molecule has 0 saturated carbocycles. The number of carbonyl (C=O) groups excluding carboxylic acids is 1. The molecule has 4 heterocycles. The lowest BCUT2D eigenvalue weighted by atomic mass is 9.72. The maximum atomic E-state index is 13.4. The number of halogens is 1. The van der Waals surface area contributed by atoms with Crippen LogP contribution in [0.2, 0.25) is 0 Å². The number of hydrogen-bond donors (Lipinski definition) is 0. The number of aliphatic imine (C=N–C) groups is 2. The first-order chi connectivity index (χ1) is 14.5. The summed E-state index contributed by atoms with van der Waals surface area (Å²) in [5.74, 6) is 1.81. The number of nitrogens with zero attached hydrogens (tertiary/aromatic N) is 5. The van der Waals surface area contributed by atoms with Gasteiger partial charge in [-0.1, -0.05) is 23.8 Å². The summed E-state index contributed by atoms with van der Waals surface area (Å²) in [7, 11) is 0. The summed E-state index contributed by atoms with van der Waals surface area (Å²) in [4.78, 5) is 28.6. The lowest BCUT2D eigenvalue weighted by Gasteiger charge is -2.61. The van der Waals surface area contributed by atoms with E-state index in [4.69, 9.17) is 16.3 Å². The van der Waals surface area contributed by atoms with Crippen molar-refractivity contribution in [3.05, 3.63) is 47.4 Å². The molecule has 4 aliphatic heterocycles. The molecular weight excluding hydrogens is 402 g/mol. The Morgan fingerprint density at radius 2 is 2.03 bits per heavy atom. The van der Waals surface area contributed by atoms with Crippen LogP contribution in [0.3, 0.4) is 0 Å². The van der Waals surface area contributed by atoms with Crippen molar-refractivity contribution in [1.29, 1.82) is 0 Å². The minimum absolute atomic E-state index is 0.00944. The van der Waals surface area contributed by atoms with Crippen LogP contribution in [0.5, 0.6) is 0 Å². The zero-order chi connectivity index (χ0) is 20.9. The Hall–Kier alpha value is -2.54. The van der Waals surface area contributed by atoms with Crippen LogP contribution in [0.1, 0.15) is 13.3 Å². The smallest absolute Gasteiger partial charge is 0.325 e. The molecule has 30 heavy (non-hydrogen) atoms. The number of hydrogen-bond acceptors (Lipinski definition) is 5. The van der Waals surface area contributed by atoms with Gasteiger partial charge in [0.1, 0.15) is 18.2 Å². The van der Waals surface area contributed by atoms with Crippen LogP contribution >= 0.6 is 11.6 Å². The van der Waals surface area contributed by atoms with E-state index in [1.807, 2.05) is 35.0 Å². The largest absolute Gasteiger partial charge is 0.493 e. The van der Waals surface area contributed by atoms with Gasteiger partial charge < -0.3 is 14.5 Å². The molecule has 158 valence electrons. The Morgan fingerprint density at radius 1 is 1.27 bits per heavy atom. The third-order valence-corrected chi connectivity index (χ3v) is 6.66. The summed E-state index contributed by atoms with van der Waals surface area (Å²) in [6.45, 7) is 11.3. The van der Waals surface area contributed by atoms with Gasteiger partial charge in [-0.05, 0) is 19.1 Å². The first-order valence-electron chi connectivity index (χ1n) is 10.4. The van der Waals surface area contributed by atoms with E-state index in [9.17, 15) is 4.79 Å². The van der Waals surface area contributed by atoms with Crippen molar-refractivity contribution in [2.45, 2.75) is 19.4 Å². The Kier molecular flexibility index (Phi) is 4.73. The third-order valence-electron chi connectivity index (χ3n) is 6.38. The number of carbonyl (C=O) groups is 1. The van der Waals surface area contributed by atoms with E-state index in [2.05, 4.69) is 21.5 Å². The van der Waals surface area contributed by atoms with E-state index in [0.717, 1.165) is 62.3 Å². The number of rotatable bonds is 1. The number of ether oxygens (including phenoxy) is 1. The van der Waals surface area contributed by atoms with Gasteiger partial charge in [0.15, 0.2) is 0 Å². The average molecular weight is 428 g/mol. The summed E-state index contributed by atoms with van der Waals surface area (Å²) in [6, 6.07) is -0.183. The van der Waals surface area contributed by atoms with Crippen LogP contribution in [0.4, 0.5) is 4.79 Å². The molecule has 0 bridgehead atoms. The fourth-order valence-corrected chi connectivity index (χ4v) is 5.01. The van der Waals surface area contributed by atoms with Gasteiger partial charge in [0, 0.05) is 43.0 Å². The first-order valence-corrected chi connectivity index (χ1v) is 10.8. The average Bonchev–Trinajstić information content (AvgIpc) is 2.87. The molecule has 1 atom stereocenters. The zero-order valence-corrected chi connectivity index (χ0v) is 17.9. The minimum Gasteiger partial charge on any atom is -0.493 e. The Morgan fingerprint density at radius 3 is 2.77 bits per heavy atom. The Balaban J connectivity index is 1.27. The molecule has 2 saturated heterocycles. The molecule has 0 aromatic carbocycles. The first kappa shape index (κ1) is 19.4. The van der Waals surface area contributed by atoms with E-state index in [0.29, 0.717) is 18.1 Å². The molecule has 1 unspecified atom stereocenters. The topological polar surface area (TPSA) is 60.7 Å². The van der Waals surface area contributed by atoms with Crippen molar-refractivity contribution < 1.29 is 9.53 Å². The second-order valence-corrected chi connectivity index (χ2v) is 9.02. The summed E-state index contributed by atoms with van der Waals surface area (Å²) < 4.78 is 5.90. The van der Waals surface area contributed by atoms with Gasteiger partial charge in [-0.3, -0.25) is 14.9 Å². The second-order valence-electron chi connectivity index (χ2n) is 8.59. The standard InChI is InChI=1S/C22H26ClN5O2/c1-3-17-10-30-19-7-5-16(23)4-6-18(19)28(17)21(29)27-13-22(14-27)11-26(12-22)20-15(2)24-8-9-25-20/h3-6,17H,1,7-14H2,2H3. The molecule has 7 nitrogen and oxygen atoms in total. The van der Waals surface area contributed by atoms with E-state index in [1.165, 1.54) is 0 Å². The minimum atomic E-state index is -0.192. The molecule has 5 aliphatic rings. The van der Waals surface area contributed by atoms with Crippen LogP contribution in [0.15, 0.2) is 57.4 Å². The molecule has 0 N–H and O–H groups in total. The zero-order valence-electron chi connectivity index (χ0n) is 17.2. The maximum absolute atomic E-state index is 13.4. The summed E-state index contributed by atoms with van der Waals surface area (Å²) in [5.41, 5.74) is 1.98. The van der Waals surface area contributed by atoms with Gasteiger partial charge in [0.25, 0.3) is 0 Å². The Bertz CT molecular complexity index is 933. The summed E-state index contributed by atoms with van der Waals surface area (Å²) >= 11 is 6.17. The van der Waals surface area contributed by atoms with Crippen LogP contribution < -0.4 is 0 Å². The monoisotopic (exact) mass is 427 g/mol. The predicted octanol–water partition coefficient (Wildman–Crippen LogP) is 2.78. The predicted molar refractivity (Wildman–Crippen MR) is 118 cm³/mol. The van der Waals surface area contributed by atoms with Crippen LogP contribution in [0.25, 0.3) is 0 Å². The number of urea groups is 1. The molecule has 2 amide bonds. The SMILES string of the molecule is C=CC1COC2=C(C=CC(Cl)=CC2)N1C(=O)N1CC2(C1)CN(C1=NCCN=C1C)C2. The second kappa shape index (κ2) is 7.30. The highest BCUT2D eigenvalue weighted by molar-refractivity contribution is 6.40. The van der Waals surface area contributed by atoms with Crippen molar-refractivity contribution in [3.8, 4) is 0 Å². The van der Waals surface area contributed by atoms with Gasteiger partial charge in [-0.2, -0.15) is 0 Å². The fraction of sp³-hybridized carbons (Fsp3) is 0.500. The highest BCUT2D eigenvalue weighted by Crippen LogP contribution is 2.41. The molecule has 2 fully saturated rings. The van der Waals surface area contributed by atoms with E-state index in [-0.39, 0.29) is 17.5 Å². The van der Waals surface area contributed by atoms with E-state index in [1.54, 1.807) is 6.08 Å². The molecule has 8 heteroatoms. The maximum Gasteiger partial charge on any atom is 0.325 e. The normalized spacial score (nSPS) is 27.2. The van der Waals surface area contributed by atoms with Crippen molar-refractivity contribution in [3.63, 3.8) is 0 Å². The molecule has 1 spiro atoms. The molecule has 0 radical (unpaired) electrons. The number of likely N-dealkylation sites (tertiary alicyclic amines) is 2. The number of allylic oxidation sites excluding steroid dienone is 4. The van der Waals surface area contributed by atoms with Gasteiger partial charge in [0.2, 0.25) is 0 Å². The number of amidine groups is 1.